The highest BCUT2D eigenvalue weighted by atomic mass is 16.6. The van der Waals surface area contributed by atoms with E-state index in [0.29, 0.717) is 30.4 Å². The lowest BCUT2D eigenvalue weighted by atomic mass is 9.79. The molecule has 0 aromatic carbocycles. The van der Waals surface area contributed by atoms with Gasteiger partial charge in [0.1, 0.15) is 12.2 Å². The predicted molar refractivity (Wildman–Crippen MR) is 83.3 cm³/mol. The van der Waals surface area contributed by atoms with Crippen LogP contribution in [0.1, 0.15) is 32.6 Å². The fraction of sp³-hybridized carbons (Fsp3) is 0.556. The van der Waals surface area contributed by atoms with Crippen LogP contribution in [0.4, 0.5) is 0 Å². The van der Waals surface area contributed by atoms with Crippen molar-refractivity contribution in [1.82, 2.24) is 0 Å². The van der Waals surface area contributed by atoms with E-state index < -0.39 is 17.7 Å². The Labute approximate surface area is 135 Å². The van der Waals surface area contributed by atoms with Crippen molar-refractivity contribution < 1.29 is 24.2 Å². The van der Waals surface area contributed by atoms with Crippen LogP contribution in [0.3, 0.4) is 0 Å². The van der Waals surface area contributed by atoms with Crippen LogP contribution in [0.25, 0.3) is 0 Å². The molecule has 3 aliphatic rings. The summed E-state index contributed by atoms with van der Waals surface area (Å²) < 4.78 is 10.8. The fourth-order valence-electron chi connectivity index (χ4n) is 4.04. The van der Waals surface area contributed by atoms with Crippen LogP contribution in [-0.2, 0) is 19.1 Å². The number of hydrogen-bond donors (Lipinski definition) is 1. The first-order valence-electron chi connectivity index (χ1n) is 7.96. The van der Waals surface area contributed by atoms with Gasteiger partial charge in [0.25, 0.3) is 0 Å². The van der Waals surface area contributed by atoms with Gasteiger partial charge in [-0.05, 0) is 18.4 Å². The molecule has 5 nitrogen and oxygen atoms in total. The smallest absolute Gasteiger partial charge is 0.334 e. The standard InChI is InChI=1S/C18H22O5/c1-5-16(19)22-14-7-13-9(2)6-15-12(10(3)17(20)23-15)8-18(13,21)11(14)4/h12-15,21H,2-8H2,1H3/t12-,13+,14+,15+,18+/m1/s1. The molecule has 0 unspecified atom stereocenters. The van der Waals surface area contributed by atoms with Gasteiger partial charge in [0.15, 0.2) is 0 Å². The monoisotopic (exact) mass is 318 g/mol. The zero-order valence-electron chi connectivity index (χ0n) is 13.3. The quantitative estimate of drug-likeness (QED) is 0.479. The predicted octanol–water partition coefficient (Wildman–Crippen LogP) is 2.06. The number of carbonyl (C=O) groups excluding carboxylic acids is 2. The molecule has 0 radical (unpaired) electrons. The van der Waals surface area contributed by atoms with Crippen molar-refractivity contribution in [3.05, 3.63) is 36.5 Å². The second-order valence-corrected chi connectivity index (χ2v) is 6.71. The molecule has 1 heterocycles. The van der Waals surface area contributed by atoms with E-state index >= 15 is 0 Å². The molecule has 1 saturated heterocycles. The summed E-state index contributed by atoms with van der Waals surface area (Å²) in [5, 5.41) is 11.3. The van der Waals surface area contributed by atoms with Gasteiger partial charge in [-0.2, -0.15) is 0 Å². The molecule has 1 aliphatic heterocycles. The molecule has 0 aromatic rings. The van der Waals surface area contributed by atoms with Crippen molar-refractivity contribution in [3.8, 4) is 0 Å². The van der Waals surface area contributed by atoms with E-state index in [2.05, 4.69) is 19.7 Å². The second kappa shape index (κ2) is 5.34. The van der Waals surface area contributed by atoms with Crippen molar-refractivity contribution in [3.63, 3.8) is 0 Å². The maximum atomic E-state index is 11.8. The molecule has 2 saturated carbocycles. The Hall–Kier alpha value is -1.88. The maximum absolute atomic E-state index is 11.8. The Balaban J connectivity index is 1.90. The van der Waals surface area contributed by atoms with Crippen molar-refractivity contribution in [2.45, 2.75) is 50.4 Å². The molecule has 0 amide bonds. The molecular weight excluding hydrogens is 296 g/mol. The van der Waals surface area contributed by atoms with E-state index in [1.807, 2.05) is 0 Å². The van der Waals surface area contributed by atoms with Crippen molar-refractivity contribution in [2.24, 2.45) is 11.8 Å². The van der Waals surface area contributed by atoms with Gasteiger partial charge in [-0.25, -0.2) is 4.79 Å². The van der Waals surface area contributed by atoms with Crippen LogP contribution in [-0.4, -0.2) is 34.9 Å². The summed E-state index contributed by atoms with van der Waals surface area (Å²) in [5.41, 5.74) is 0.433. The van der Waals surface area contributed by atoms with Crippen LogP contribution in [0.2, 0.25) is 0 Å². The Kier molecular flexibility index (Phi) is 3.71. The summed E-state index contributed by atoms with van der Waals surface area (Å²) in [6, 6.07) is 0. The molecule has 5 heteroatoms. The van der Waals surface area contributed by atoms with E-state index in [9.17, 15) is 14.7 Å². The van der Waals surface area contributed by atoms with Gasteiger partial charge >= 0.3 is 11.9 Å². The summed E-state index contributed by atoms with van der Waals surface area (Å²) in [4.78, 5) is 23.4. The first-order valence-corrected chi connectivity index (χ1v) is 7.96. The minimum atomic E-state index is -1.24. The van der Waals surface area contributed by atoms with Crippen molar-refractivity contribution in [1.29, 1.82) is 0 Å². The lowest BCUT2D eigenvalue weighted by Gasteiger charge is -2.31. The fourth-order valence-corrected chi connectivity index (χ4v) is 4.04. The zero-order valence-corrected chi connectivity index (χ0v) is 13.3. The number of aliphatic hydroxyl groups is 1. The third-order valence-corrected chi connectivity index (χ3v) is 5.44. The number of rotatable bonds is 2. The molecule has 3 fully saturated rings. The van der Waals surface area contributed by atoms with Gasteiger partial charge in [0, 0.05) is 30.3 Å². The highest BCUT2D eigenvalue weighted by Crippen LogP contribution is 2.54. The van der Waals surface area contributed by atoms with Crippen molar-refractivity contribution >= 4 is 11.9 Å². The highest BCUT2D eigenvalue weighted by molar-refractivity contribution is 5.91. The Morgan fingerprint density at radius 1 is 1.43 bits per heavy atom. The van der Waals surface area contributed by atoms with E-state index in [-0.39, 0.29) is 30.3 Å². The minimum absolute atomic E-state index is 0.248. The molecule has 1 N–H and O–H groups in total. The normalized spacial score (nSPS) is 39.6. The zero-order chi connectivity index (χ0) is 16.9. The van der Waals surface area contributed by atoms with Gasteiger partial charge in [0.2, 0.25) is 0 Å². The summed E-state index contributed by atoms with van der Waals surface area (Å²) in [6.07, 6.45) is 0.700. The van der Waals surface area contributed by atoms with Gasteiger partial charge in [-0.15, -0.1) is 0 Å². The molecule has 2 aliphatic carbocycles. The van der Waals surface area contributed by atoms with Gasteiger partial charge in [-0.1, -0.05) is 32.2 Å². The average Bonchev–Trinajstić information content (AvgIpc) is 2.85. The second-order valence-electron chi connectivity index (χ2n) is 6.71. The van der Waals surface area contributed by atoms with Crippen molar-refractivity contribution in [2.75, 3.05) is 0 Å². The lowest BCUT2D eigenvalue weighted by molar-refractivity contribution is -0.147. The van der Waals surface area contributed by atoms with E-state index in [4.69, 9.17) is 9.47 Å². The highest BCUT2D eigenvalue weighted by Gasteiger charge is 2.57. The lowest BCUT2D eigenvalue weighted by Crippen LogP contribution is -2.37. The van der Waals surface area contributed by atoms with Gasteiger partial charge in [-0.3, -0.25) is 4.79 Å². The summed E-state index contributed by atoms with van der Waals surface area (Å²) in [5.74, 6) is -1.23. The van der Waals surface area contributed by atoms with Crippen LogP contribution in [0, 0.1) is 11.8 Å². The van der Waals surface area contributed by atoms with Crippen LogP contribution < -0.4 is 0 Å². The summed E-state index contributed by atoms with van der Waals surface area (Å²) >= 11 is 0. The first kappa shape index (κ1) is 16.0. The molecule has 5 atom stereocenters. The molecule has 23 heavy (non-hydrogen) atoms. The Morgan fingerprint density at radius 3 is 2.78 bits per heavy atom. The third kappa shape index (κ3) is 2.34. The molecule has 0 spiro atoms. The Bertz CT molecular complexity index is 619. The van der Waals surface area contributed by atoms with Crippen LogP contribution in [0.15, 0.2) is 36.5 Å². The van der Waals surface area contributed by atoms with E-state index in [1.165, 1.54) is 0 Å². The van der Waals surface area contributed by atoms with Crippen LogP contribution in [0.5, 0.6) is 0 Å². The summed E-state index contributed by atoms with van der Waals surface area (Å²) in [6.45, 7) is 13.6. The van der Waals surface area contributed by atoms with Gasteiger partial charge in [0.05, 0.1) is 5.60 Å². The largest absolute Gasteiger partial charge is 0.458 e. The summed E-state index contributed by atoms with van der Waals surface area (Å²) in [7, 11) is 0. The number of carbonyl (C=O) groups is 2. The number of fused-ring (bicyclic) bond motifs is 2. The number of hydrogen-bond acceptors (Lipinski definition) is 5. The minimum Gasteiger partial charge on any atom is -0.458 e. The SMILES string of the molecule is C=C1C(=O)O[C@H]2CC(=C)[C@@H]3C[C@H](OC(=O)CC)C(=C)[C@@]3(O)C[C@H]12. The van der Waals surface area contributed by atoms with E-state index in [0.717, 1.165) is 5.57 Å². The Morgan fingerprint density at radius 2 is 2.13 bits per heavy atom. The number of esters is 2. The molecule has 0 bridgehead atoms. The number of ether oxygens (including phenoxy) is 2. The van der Waals surface area contributed by atoms with Crippen LogP contribution >= 0.6 is 0 Å². The average molecular weight is 318 g/mol. The first-order chi connectivity index (χ1) is 10.8. The maximum Gasteiger partial charge on any atom is 0.334 e. The van der Waals surface area contributed by atoms with Gasteiger partial charge < -0.3 is 14.6 Å². The molecule has 3 rings (SSSR count). The molecule has 124 valence electrons. The topological polar surface area (TPSA) is 72.8 Å². The molecular formula is C18H22O5. The molecule has 0 aromatic heterocycles. The van der Waals surface area contributed by atoms with E-state index in [1.54, 1.807) is 6.92 Å². The third-order valence-electron chi connectivity index (χ3n) is 5.44.